The van der Waals surface area contributed by atoms with Gasteiger partial charge >= 0.3 is 6.36 Å². The van der Waals surface area contributed by atoms with Crippen LogP contribution >= 0.6 is 0 Å². The lowest BCUT2D eigenvalue weighted by molar-refractivity contribution is -0.274. The van der Waals surface area contributed by atoms with Crippen LogP contribution in [0.15, 0.2) is 24.3 Å². The lowest BCUT2D eigenvalue weighted by Crippen LogP contribution is -2.43. The highest BCUT2D eigenvalue weighted by Gasteiger charge is 2.48. The standard InChI is InChI=1S/C16H17F6NO3/c1-9(10-3-2-4-12(5-10)26-16(19,20)21)23(22)14(25)6-13(24)11-7-15(17,18)8-11/h2-5,9,11,13,24H,6-8H2,1H3/t9-,13?/m0/s1. The maximum atomic E-state index is 14.2. The summed E-state index contributed by atoms with van der Waals surface area (Å²) >= 11 is 0. The Hall–Kier alpha value is -1.97. The number of benzene rings is 1. The molecule has 0 saturated heterocycles. The smallest absolute Gasteiger partial charge is 0.406 e. The molecule has 4 nitrogen and oxygen atoms in total. The zero-order valence-electron chi connectivity index (χ0n) is 13.6. The second kappa shape index (κ2) is 7.34. The fraction of sp³-hybridized carbons (Fsp3) is 0.562. The van der Waals surface area contributed by atoms with Crippen molar-refractivity contribution in [3.05, 3.63) is 29.8 Å². The monoisotopic (exact) mass is 385 g/mol. The van der Waals surface area contributed by atoms with E-state index in [2.05, 4.69) is 4.74 Å². The van der Waals surface area contributed by atoms with E-state index in [9.17, 15) is 36.3 Å². The minimum Gasteiger partial charge on any atom is -0.406 e. The normalized spacial score (nSPS) is 19.4. The summed E-state index contributed by atoms with van der Waals surface area (Å²) in [6.07, 6.45) is -8.16. The number of aliphatic hydroxyl groups excluding tert-OH is 1. The van der Waals surface area contributed by atoms with Crippen LogP contribution in [0.4, 0.5) is 26.4 Å². The highest BCUT2D eigenvalue weighted by atomic mass is 19.4. The third-order valence-electron chi connectivity index (χ3n) is 4.20. The van der Waals surface area contributed by atoms with E-state index < -0.39 is 61.3 Å². The third-order valence-corrected chi connectivity index (χ3v) is 4.20. The quantitative estimate of drug-likeness (QED) is 0.591. The zero-order chi connectivity index (χ0) is 19.7. The fourth-order valence-corrected chi connectivity index (χ4v) is 2.73. The van der Waals surface area contributed by atoms with Crippen molar-refractivity contribution < 1.29 is 41.1 Å². The molecule has 1 saturated carbocycles. The number of carbonyl (C=O) groups excluding carboxylic acids is 1. The van der Waals surface area contributed by atoms with Crippen LogP contribution in [0.3, 0.4) is 0 Å². The van der Waals surface area contributed by atoms with E-state index in [0.717, 1.165) is 12.1 Å². The molecule has 1 unspecified atom stereocenters. The average Bonchev–Trinajstić information content (AvgIpc) is 2.49. The third kappa shape index (κ3) is 5.26. The summed E-state index contributed by atoms with van der Waals surface area (Å²) in [7, 11) is 0. The second-order valence-corrected chi connectivity index (χ2v) is 6.30. The molecule has 0 heterocycles. The van der Waals surface area contributed by atoms with Crippen LogP contribution in [-0.4, -0.2) is 34.5 Å². The van der Waals surface area contributed by atoms with Gasteiger partial charge in [-0.2, -0.15) is 5.12 Å². The molecule has 1 N–H and O–H groups in total. The number of halogens is 6. The molecule has 0 radical (unpaired) electrons. The van der Waals surface area contributed by atoms with Crippen molar-refractivity contribution in [3.8, 4) is 5.75 Å². The van der Waals surface area contributed by atoms with Gasteiger partial charge in [0.05, 0.1) is 18.6 Å². The molecule has 1 aromatic carbocycles. The SMILES string of the molecule is C[C@@H](c1cccc(OC(F)(F)F)c1)N(F)C(=O)CC(O)C1CC(F)(F)C1. The zero-order valence-corrected chi connectivity index (χ0v) is 13.6. The molecular weight excluding hydrogens is 368 g/mol. The summed E-state index contributed by atoms with van der Waals surface area (Å²) < 4.78 is 80.2. The van der Waals surface area contributed by atoms with Crippen molar-refractivity contribution in [3.63, 3.8) is 0 Å². The summed E-state index contributed by atoms with van der Waals surface area (Å²) in [6, 6.07) is 3.21. The van der Waals surface area contributed by atoms with Gasteiger partial charge in [0.15, 0.2) is 0 Å². The van der Waals surface area contributed by atoms with Gasteiger partial charge in [-0.25, -0.2) is 8.78 Å². The molecule has 26 heavy (non-hydrogen) atoms. The van der Waals surface area contributed by atoms with Crippen LogP contribution in [-0.2, 0) is 4.79 Å². The summed E-state index contributed by atoms with van der Waals surface area (Å²) in [6.45, 7) is 1.23. The lowest BCUT2D eigenvalue weighted by atomic mass is 9.76. The Kier molecular flexibility index (Phi) is 5.74. The first-order chi connectivity index (χ1) is 11.9. The molecule has 10 heteroatoms. The van der Waals surface area contributed by atoms with Crippen LogP contribution in [0.1, 0.15) is 37.8 Å². The van der Waals surface area contributed by atoms with Gasteiger partial charge in [0.2, 0.25) is 5.92 Å². The molecule has 1 aromatic rings. The summed E-state index contributed by atoms with van der Waals surface area (Å²) in [5, 5.41) is 9.51. The molecule has 1 fully saturated rings. The van der Waals surface area contributed by atoms with Crippen LogP contribution < -0.4 is 4.74 Å². The number of rotatable bonds is 6. The van der Waals surface area contributed by atoms with Crippen LogP contribution in [0, 0.1) is 5.92 Å². The Labute approximate surface area is 145 Å². The predicted octanol–water partition coefficient (Wildman–Crippen LogP) is 4.16. The number of hydrogen-bond acceptors (Lipinski definition) is 3. The van der Waals surface area contributed by atoms with Crippen molar-refractivity contribution in [2.24, 2.45) is 5.92 Å². The number of hydrogen-bond donors (Lipinski definition) is 1. The first kappa shape index (κ1) is 20.3. The fourth-order valence-electron chi connectivity index (χ4n) is 2.73. The maximum Gasteiger partial charge on any atom is 0.573 e. The first-order valence-corrected chi connectivity index (χ1v) is 7.77. The van der Waals surface area contributed by atoms with Crippen molar-refractivity contribution in [1.82, 2.24) is 5.12 Å². The van der Waals surface area contributed by atoms with E-state index in [1.165, 1.54) is 19.1 Å². The number of nitrogens with zero attached hydrogens (tertiary/aromatic N) is 1. The van der Waals surface area contributed by atoms with E-state index in [0.29, 0.717) is 0 Å². The number of amides is 1. The van der Waals surface area contributed by atoms with E-state index in [1.54, 1.807) is 0 Å². The Bertz CT molecular complexity index is 643. The molecule has 0 bridgehead atoms. The minimum absolute atomic E-state index is 0.0345. The molecule has 2 rings (SSSR count). The number of carbonyl (C=O) groups is 1. The summed E-state index contributed by atoms with van der Waals surface area (Å²) in [4.78, 5) is 11.9. The van der Waals surface area contributed by atoms with Crippen LogP contribution in [0.5, 0.6) is 5.75 Å². The van der Waals surface area contributed by atoms with E-state index >= 15 is 0 Å². The number of aliphatic hydroxyl groups is 1. The van der Waals surface area contributed by atoms with Gasteiger partial charge in [-0.3, -0.25) is 4.79 Å². The summed E-state index contributed by atoms with van der Waals surface area (Å²) in [5.74, 6) is -5.39. The highest BCUT2D eigenvalue weighted by molar-refractivity contribution is 5.76. The number of ether oxygens (including phenoxy) is 1. The first-order valence-electron chi connectivity index (χ1n) is 7.77. The Morgan fingerprint density at radius 3 is 2.54 bits per heavy atom. The van der Waals surface area contributed by atoms with Gasteiger partial charge in [-0.15, -0.1) is 13.2 Å². The molecule has 1 aliphatic rings. The molecule has 0 aromatic heterocycles. The van der Waals surface area contributed by atoms with Crippen LogP contribution in [0.25, 0.3) is 0 Å². The van der Waals surface area contributed by atoms with Crippen LogP contribution in [0.2, 0.25) is 0 Å². The maximum absolute atomic E-state index is 14.2. The second-order valence-electron chi connectivity index (χ2n) is 6.30. The van der Waals surface area contributed by atoms with Gasteiger partial charge in [0, 0.05) is 12.8 Å². The molecule has 1 amide bonds. The van der Waals surface area contributed by atoms with Crippen molar-refractivity contribution in [2.75, 3.05) is 0 Å². The van der Waals surface area contributed by atoms with Gasteiger partial charge in [0.1, 0.15) is 5.75 Å². The van der Waals surface area contributed by atoms with E-state index in [4.69, 9.17) is 0 Å². The molecule has 0 spiro atoms. The van der Waals surface area contributed by atoms with Crippen molar-refractivity contribution in [1.29, 1.82) is 0 Å². The Morgan fingerprint density at radius 2 is 2.00 bits per heavy atom. The Balaban J connectivity index is 1.97. The van der Waals surface area contributed by atoms with Gasteiger partial charge in [0.25, 0.3) is 5.91 Å². The molecule has 1 aliphatic carbocycles. The lowest BCUT2D eigenvalue weighted by Gasteiger charge is -2.38. The topological polar surface area (TPSA) is 49.8 Å². The van der Waals surface area contributed by atoms with Gasteiger partial charge < -0.3 is 9.84 Å². The molecule has 146 valence electrons. The van der Waals surface area contributed by atoms with Gasteiger partial charge in [-0.1, -0.05) is 16.6 Å². The van der Waals surface area contributed by atoms with E-state index in [1.807, 2.05) is 0 Å². The van der Waals surface area contributed by atoms with E-state index in [-0.39, 0.29) is 10.7 Å². The molecule has 2 atom stereocenters. The van der Waals surface area contributed by atoms with Crippen molar-refractivity contribution >= 4 is 5.91 Å². The van der Waals surface area contributed by atoms with Crippen molar-refractivity contribution in [2.45, 2.75) is 50.6 Å². The largest absolute Gasteiger partial charge is 0.573 e. The minimum atomic E-state index is -4.91. The average molecular weight is 385 g/mol. The summed E-state index contributed by atoms with van der Waals surface area (Å²) in [5.41, 5.74) is 0.0345. The highest BCUT2D eigenvalue weighted by Crippen LogP contribution is 2.44. The molecule has 0 aliphatic heterocycles. The molecular formula is C16H17F6NO3. The predicted molar refractivity (Wildman–Crippen MR) is 77.8 cm³/mol. The number of alkyl halides is 5. The Morgan fingerprint density at radius 1 is 1.38 bits per heavy atom. The van der Waals surface area contributed by atoms with Gasteiger partial charge in [-0.05, 0) is 30.5 Å².